The Labute approximate surface area is 136 Å². The number of nitrogens with one attached hydrogen (secondary N) is 2. The van der Waals surface area contributed by atoms with Crippen LogP contribution in [0.5, 0.6) is 0 Å². The molecule has 0 heterocycles. The lowest BCUT2D eigenvalue weighted by Crippen LogP contribution is -2.31. The Hall–Kier alpha value is -0.810. The predicted molar refractivity (Wildman–Crippen MR) is 90.4 cm³/mol. The van der Waals surface area contributed by atoms with E-state index in [1.54, 1.807) is 18.2 Å². The highest BCUT2D eigenvalue weighted by Gasteiger charge is 2.09. The molecule has 0 fully saturated rings. The summed E-state index contributed by atoms with van der Waals surface area (Å²) in [7, 11) is 0. The van der Waals surface area contributed by atoms with E-state index < -0.39 is 0 Å². The summed E-state index contributed by atoms with van der Waals surface area (Å²) in [6, 6.07) is 5.13. The van der Waals surface area contributed by atoms with Gasteiger partial charge in [0.25, 0.3) is 0 Å². The number of carbonyl (C=O) groups excluding carboxylic acids is 1. The molecule has 0 unspecified atom stereocenters. The molecule has 6 heteroatoms. The molecule has 0 aliphatic carbocycles. The zero-order valence-electron chi connectivity index (χ0n) is 12.6. The molecule has 0 radical (unpaired) electrons. The van der Waals surface area contributed by atoms with Crippen molar-refractivity contribution in [2.24, 2.45) is 0 Å². The van der Waals surface area contributed by atoms with E-state index in [4.69, 9.17) is 23.2 Å². The van der Waals surface area contributed by atoms with Crippen LogP contribution in [-0.4, -0.2) is 43.5 Å². The molecule has 118 valence electrons. The van der Waals surface area contributed by atoms with Gasteiger partial charge in [0.2, 0.25) is 5.91 Å². The number of benzene rings is 1. The monoisotopic (exact) mass is 331 g/mol. The van der Waals surface area contributed by atoms with E-state index in [0.29, 0.717) is 15.7 Å². The molecule has 1 aromatic rings. The van der Waals surface area contributed by atoms with Gasteiger partial charge in [-0.15, -0.1) is 0 Å². The van der Waals surface area contributed by atoms with Gasteiger partial charge < -0.3 is 15.5 Å². The minimum atomic E-state index is -0.146. The third kappa shape index (κ3) is 6.66. The first-order chi connectivity index (χ1) is 10.1. The van der Waals surface area contributed by atoms with Crippen LogP contribution < -0.4 is 10.6 Å². The van der Waals surface area contributed by atoms with Gasteiger partial charge in [-0.3, -0.25) is 4.79 Å². The largest absolute Gasteiger partial charge is 0.322 e. The maximum Gasteiger partial charge on any atom is 0.238 e. The van der Waals surface area contributed by atoms with Gasteiger partial charge in [0.05, 0.1) is 22.3 Å². The fraction of sp³-hybridized carbons (Fsp3) is 0.533. The Morgan fingerprint density at radius 3 is 2.38 bits per heavy atom. The fourth-order valence-corrected chi connectivity index (χ4v) is 2.46. The van der Waals surface area contributed by atoms with E-state index >= 15 is 0 Å². The minimum absolute atomic E-state index is 0.146. The normalized spacial score (nSPS) is 10.9. The number of rotatable bonds is 9. The molecule has 1 rings (SSSR count). The summed E-state index contributed by atoms with van der Waals surface area (Å²) in [4.78, 5) is 14.2. The molecule has 0 aliphatic rings. The van der Waals surface area contributed by atoms with Crippen molar-refractivity contribution in [1.29, 1.82) is 0 Å². The van der Waals surface area contributed by atoms with Crippen molar-refractivity contribution in [3.05, 3.63) is 28.2 Å². The second-order valence-corrected chi connectivity index (χ2v) is 5.52. The van der Waals surface area contributed by atoms with Crippen LogP contribution in [0.1, 0.15) is 20.3 Å². The second-order valence-electron chi connectivity index (χ2n) is 4.70. The van der Waals surface area contributed by atoms with Gasteiger partial charge in [0.1, 0.15) is 0 Å². The molecule has 0 aliphatic heterocycles. The van der Waals surface area contributed by atoms with E-state index in [2.05, 4.69) is 29.4 Å². The maximum atomic E-state index is 11.8. The molecule has 2 N–H and O–H groups in total. The second kappa shape index (κ2) is 10.0. The fourth-order valence-electron chi connectivity index (χ4n) is 1.97. The molecule has 4 nitrogen and oxygen atoms in total. The van der Waals surface area contributed by atoms with Gasteiger partial charge in [-0.2, -0.15) is 0 Å². The molecule has 0 saturated carbocycles. The lowest BCUT2D eigenvalue weighted by atomic mass is 10.3. The average Bonchev–Trinajstić information content (AvgIpc) is 2.47. The molecule has 0 atom stereocenters. The van der Waals surface area contributed by atoms with E-state index in [0.717, 1.165) is 32.6 Å². The summed E-state index contributed by atoms with van der Waals surface area (Å²) >= 11 is 12.0. The molecule has 0 aromatic heterocycles. The summed E-state index contributed by atoms with van der Waals surface area (Å²) in [5.74, 6) is -0.146. The molecule has 0 saturated heterocycles. The van der Waals surface area contributed by atoms with Crippen molar-refractivity contribution in [3.8, 4) is 0 Å². The number of para-hydroxylation sites is 1. The summed E-state index contributed by atoms with van der Waals surface area (Å²) < 4.78 is 0. The highest BCUT2D eigenvalue weighted by Crippen LogP contribution is 2.29. The minimum Gasteiger partial charge on any atom is -0.322 e. The van der Waals surface area contributed by atoms with Crippen LogP contribution in [-0.2, 0) is 4.79 Å². The summed E-state index contributed by atoms with van der Waals surface area (Å²) in [6.07, 6.45) is 1.02. The molecule has 0 bridgehead atoms. The van der Waals surface area contributed by atoms with E-state index in [1.165, 1.54) is 0 Å². The third-order valence-corrected chi connectivity index (χ3v) is 3.87. The Morgan fingerprint density at radius 2 is 1.81 bits per heavy atom. The maximum absolute atomic E-state index is 11.8. The lowest BCUT2D eigenvalue weighted by molar-refractivity contribution is -0.115. The smallest absolute Gasteiger partial charge is 0.238 e. The van der Waals surface area contributed by atoms with Gasteiger partial charge in [-0.05, 0) is 44.7 Å². The number of amides is 1. The predicted octanol–water partition coefficient (Wildman–Crippen LogP) is 3.25. The highest BCUT2D eigenvalue weighted by molar-refractivity contribution is 6.39. The summed E-state index contributed by atoms with van der Waals surface area (Å²) in [6.45, 7) is 8.51. The first-order valence-electron chi connectivity index (χ1n) is 7.25. The van der Waals surface area contributed by atoms with Crippen LogP contribution in [0, 0.1) is 0 Å². The zero-order valence-corrected chi connectivity index (χ0v) is 14.1. The van der Waals surface area contributed by atoms with Gasteiger partial charge in [-0.1, -0.05) is 43.1 Å². The number of hydrogen-bond donors (Lipinski definition) is 2. The highest BCUT2D eigenvalue weighted by atomic mass is 35.5. The standard InChI is InChI=1S/C15H23Cl2N3O/c1-3-20(4-2)10-6-9-18-11-14(21)19-15-12(16)7-5-8-13(15)17/h5,7-8,18H,3-4,6,9-11H2,1-2H3,(H,19,21). The quantitative estimate of drug-likeness (QED) is 0.682. The van der Waals surface area contributed by atoms with Crippen molar-refractivity contribution in [2.45, 2.75) is 20.3 Å². The number of carbonyl (C=O) groups is 1. The molecular formula is C15H23Cl2N3O. The van der Waals surface area contributed by atoms with Crippen molar-refractivity contribution in [2.75, 3.05) is 38.0 Å². The van der Waals surface area contributed by atoms with Crippen LogP contribution in [0.3, 0.4) is 0 Å². The van der Waals surface area contributed by atoms with E-state index in [-0.39, 0.29) is 12.5 Å². The topological polar surface area (TPSA) is 44.4 Å². The first-order valence-corrected chi connectivity index (χ1v) is 8.01. The van der Waals surface area contributed by atoms with Gasteiger partial charge in [0.15, 0.2) is 0 Å². The summed E-state index contributed by atoms with van der Waals surface area (Å²) in [5.41, 5.74) is 0.468. The van der Waals surface area contributed by atoms with E-state index in [1.807, 2.05) is 0 Å². The number of halogens is 2. The summed E-state index contributed by atoms with van der Waals surface area (Å²) in [5, 5.41) is 6.73. The zero-order chi connectivity index (χ0) is 15.7. The molecule has 21 heavy (non-hydrogen) atoms. The average molecular weight is 332 g/mol. The van der Waals surface area contributed by atoms with Gasteiger partial charge >= 0.3 is 0 Å². The van der Waals surface area contributed by atoms with Crippen molar-refractivity contribution in [3.63, 3.8) is 0 Å². The van der Waals surface area contributed by atoms with E-state index in [9.17, 15) is 4.79 Å². The van der Waals surface area contributed by atoms with Gasteiger partial charge in [-0.25, -0.2) is 0 Å². The number of nitrogens with zero attached hydrogens (tertiary/aromatic N) is 1. The van der Waals surface area contributed by atoms with Crippen LogP contribution in [0.2, 0.25) is 10.0 Å². The molecule has 0 spiro atoms. The Balaban J connectivity index is 2.26. The third-order valence-electron chi connectivity index (χ3n) is 3.24. The van der Waals surface area contributed by atoms with Crippen molar-refractivity contribution < 1.29 is 4.79 Å². The number of anilines is 1. The van der Waals surface area contributed by atoms with Crippen LogP contribution >= 0.6 is 23.2 Å². The Kier molecular flexibility index (Phi) is 8.69. The molecular weight excluding hydrogens is 309 g/mol. The number of hydrogen-bond acceptors (Lipinski definition) is 3. The first kappa shape index (κ1) is 18.2. The molecule has 1 aromatic carbocycles. The van der Waals surface area contributed by atoms with Crippen LogP contribution in [0.15, 0.2) is 18.2 Å². The Morgan fingerprint density at radius 1 is 1.19 bits per heavy atom. The van der Waals surface area contributed by atoms with Crippen LogP contribution in [0.4, 0.5) is 5.69 Å². The lowest BCUT2D eigenvalue weighted by Gasteiger charge is -2.17. The van der Waals surface area contributed by atoms with Gasteiger partial charge in [0, 0.05) is 0 Å². The Bertz CT molecular complexity index is 430. The van der Waals surface area contributed by atoms with Crippen molar-refractivity contribution in [1.82, 2.24) is 10.2 Å². The van der Waals surface area contributed by atoms with Crippen molar-refractivity contribution >= 4 is 34.8 Å². The molecule has 1 amide bonds. The van der Waals surface area contributed by atoms with Crippen LogP contribution in [0.25, 0.3) is 0 Å². The SMILES string of the molecule is CCN(CC)CCCNCC(=O)Nc1c(Cl)cccc1Cl.